The van der Waals surface area contributed by atoms with E-state index in [0.29, 0.717) is 19.7 Å². The molecule has 2 aromatic carbocycles. The summed E-state index contributed by atoms with van der Waals surface area (Å²) in [5, 5.41) is 13.4. The lowest BCUT2D eigenvalue weighted by Crippen LogP contribution is -2.36. The maximum Gasteiger partial charge on any atom is 0.335 e. The fourth-order valence-corrected chi connectivity index (χ4v) is 3.95. The monoisotopic (exact) mass is 378 g/mol. The minimum Gasteiger partial charge on any atom is -0.478 e. The van der Waals surface area contributed by atoms with Crippen LogP contribution in [0.25, 0.3) is 10.9 Å². The zero-order valence-electron chi connectivity index (χ0n) is 15.6. The second kappa shape index (κ2) is 7.48. The van der Waals surface area contributed by atoms with E-state index in [-0.39, 0.29) is 11.5 Å². The molecule has 0 bridgehead atoms. The number of hydrogen-bond acceptors (Lipinski definition) is 4. The summed E-state index contributed by atoms with van der Waals surface area (Å²) < 4.78 is 7.51. The van der Waals surface area contributed by atoms with Gasteiger partial charge in [0.05, 0.1) is 12.2 Å². The molecular formula is C22H22N2O4. The summed E-state index contributed by atoms with van der Waals surface area (Å²) in [5.74, 6) is -1.18. The molecule has 1 unspecified atom stereocenters. The van der Waals surface area contributed by atoms with Gasteiger partial charge in [-0.05, 0) is 30.7 Å². The maximum atomic E-state index is 12.5. The van der Waals surface area contributed by atoms with Gasteiger partial charge in [0.25, 0.3) is 0 Å². The Labute approximate surface area is 162 Å². The molecule has 1 aliphatic heterocycles. The fraction of sp³-hybridized carbons (Fsp3) is 0.273. The van der Waals surface area contributed by atoms with Crippen molar-refractivity contribution in [2.45, 2.75) is 25.9 Å². The molecule has 0 fully saturated rings. The van der Waals surface area contributed by atoms with Crippen molar-refractivity contribution < 1.29 is 19.4 Å². The molecule has 0 spiro atoms. The number of para-hydroxylation sites is 1. The predicted molar refractivity (Wildman–Crippen MR) is 106 cm³/mol. The molecule has 0 saturated heterocycles. The molecule has 144 valence electrons. The van der Waals surface area contributed by atoms with E-state index < -0.39 is 12.0 Å². The Morgan fingerprint density at radius 3 is 2.64 bits per heavy atom. The number of hydrogen-bond donors (Lipinski definition) is 2. The number of carboxylic acid groups (broad SMARTS) is 1. The molecule has 6 nitrogen and oxygen atoms in total. The van der Waals surface area contributed by atoms with Gasteiger partial charge in [0.1, 0.15) is 6.04 Å². The second-order valence-corrected chi connectivity index (χ2v) is 6.85. The molecular weight excluding hydrogens is 356 g/mol. The molecule has 2 heterocycles. The van der Waals surface area contributed by atoms with Crippen molar-refractivity contribution in [3.8, 4) is 0 Å². The number of esters is 1. The van der Waals surface area contributed by atoms with Crippen LogP contribution in [0, 0.1) is 0 Å². The molecule has 0 radical (unpaired) electrons. The van der Waals surface area contributed by atoms with Crippen molar-refractivity contribution in [2.75, 3.05) is 13.2 Å². The van der Waals surface area contributed by atoms with Crippen LogP contribution in [-0.4, -0.2) is 34.8 Å². The first-order valence-corrected chi connectivity index (χ1v) is 9.42. The molecule has 28 heavy (non-hydrogen) atoms. The lowest BCUT2D eigenvalue weighted by molar-refractivity contribution is -0.146. The minimum atomic E-state index is -0.932. The lowest BCUT2D eigenvalue weighted by atomic mass is 9.98. The quantitative estimate of drug-likeness (QED) is 0.667. The number of ether oxygens (including phenoxy) is 1. The number of nitrogens with one attached hydrogen (secondary N) is 1. The lowest BCUT2D eigenvalue weighted by Gasteiger charge is -2.24. The van der Waals surface area contributed by atoms with Crippen molar-refractivity contribution in [3.63, 3.8) is 0 Å². The number of carbonyl (C=O) groups is 2. The van der Waals surface area contributed by atoms with Crippen LogP contribution in [-0.2, 0) is 22.5 Å². The summed E-state index contributed by atoms with van der Waals surface area (Å²) in [6, 6.07) is 14.5. The molecule has 6 heteroatoms. The van der Waals surface area contributed by atoms with Crippen LogP contribution in [0.4, 0.5) is 0 Å². The van der Waals surface area contributed by atoms with Gasteiger partial charge in [0.2, 0.25) is 0 Å². The number of benzene rings is 2. The number of carbonyl (C=O) groups excluding carboxylic acids is 1. The van der Waals surface area contributed by atoms with E-state index in [0.717, 1.165) is 34.1 Å². The molecule has 0 amide bonds. The highest BCUT2D eigenvalue weighted by Crippen LogP contribution is 2.35. The van der Waals surface area contributed by atoms with E-state index in [4.69, 9.17) is 9.84 Å². The first-order chi connectivity index (χ1) is 13.6. The Morgan fingerprint density at radius 1 is 1.18 bits per heavy atom. The summed E-state index contributed by atoms with van der Waals surface area (Å²) in [5.41, 5.74) is 4.46. The van der Waals surface area contributed by atoms with Gasteiger partial charge in [-0.3, -0.25) is 0 Å². The summed E-state index contributed by atoms with van der Waals surface area (Å²) in [7, 11) is 0. The fourth-order valence-electron chi connectivity index (χ4n) is 3.95. The van der Waals surface area contributed by atoms with Crippen LogP contribution < -0.4 is 5.32 Å². The Kier molecular flexibility index (Phi) is 4.88. The molecule has 0 aliphatic carbocycles. The van der Waals surface area contributed by atoms with Gasteiger partial charge in [-0.2, -0.15) is 0 Å². The SMILES string of the molecule is CCOC(=O)C1NCCc2c1c1ccccc1n2Cc1ccc(C(=O)O)cc1. The highest BCUT2D eigenvalue weighted by molar-refractivity contribution is 5.92. The third kappa shape index (κ3) is 3.16. The Hall–Kier alpha value is -3.12. The van der Waals surface area contributed by atoms with Crippen LogP contribution in [0.1, 0.15) is 40.1 Å². The molecule has 3 aromatic rings. The maximum absolute atomic E-state index is 12.5. The number of aromatic nitrogens is 1. The van der Waals surface area contributed by atoms with Crippen molar-refractivity contribution in [3.05, 3.63) is 70.9 Å². The normalized spacial score (nSPS) is 16.0. The third-order valence-electron chi connectivity index (χ3n) is 5.18. The van der Waals surface area contributed by atoms with Gasteiger partial charge < -0.3 is 19.7 Å². The van der Waals surface area contributed by atoms with Crippen LogP contribution in [0.15, 0.2) is 48.5 Å². The summed E-state index contributed by atoms with van der Waals surface area (Å²) in [6.45, 7) is 3.47. The van der Waals surface area contributed by atoms with E-state index in [1.807, 2.05) is 37.3 Å². The first-order valence-electron chi connectivity index (χ1n) is 9.42. The van der Waals surface area contributed by atoms with Crippen molar-refractivity contribution in [1.29, 1.82) is 0 Å². The summed E-state index contributed by atoms with van der Waals surface area (Å²) in [6.07, 6.45) is 0.813. The standard InChI is InChI=1S/C22H22N2O4/c1-2-28-22(27)20-19-16-5-3-4-6-17(16)24(18(19)11-12-23-20)13-14-7-9-15(10-8-14)21(25)26/h3-10,20,23H,2,11-13H2,1H3,(H,25,26). The smallest absolute Gasteiger partial charge is 0.335 e. The minimum absolute atomic E-state index is 0.253. The average Bonchev–Trinajstić information content (AvgIpc) is 3.03. The van der Waals surface area contributed by atoms with Gasteiger partial charge in [-0.25, -0.2) is 9.59 Å². The number of fused-ring (bicyclic) bond motifs is 3. The molecule has 0 saturated carbocycles. The zero-order valence-corrected chi connectivity index (χ0v) is 15.6. The summed E-state index contributed by atoms with van der Waals surface area (Å²) in [4.78, 5) is 23.6. The van der Waals surface area contributed by atoms with Gasteiger partial charge in [-0.1, -0.05) is 30.3 Å². The number of nitrogens with zero attached hydrogens (tertiary/aromatic N) is 1. The molecule has 1 aliphatic rings. The average molecular weight is 378 g/mol. The Balaban J connectivity index is 1.79. The third-order valence-corrected chi connectivity index (χ3v) is 5.18. The van der Waals surface area contributed by atoms with Crippen molar-refractivity contribution >= 4 is 22.8 Å². The molecule has 2 N–H and O–H groups in total. The Morgan fingerprint density at radius 2 is 1.93 bits per heavy atom. The van der Waals surface area contributed by atoms with Crippen LogP contribution >= 0.6 is 0 Å². The van der Waals surface area contributed by atoms with E-state index in [1.165, 1.54) is 0 Å². The first kappa shape index (κ1) is 18.3. The van der Waals surface area contributed by atoms with E-state index in [1.54, 1.807) is 12.1 Å². The van der Waals surface area contributed by atoms with Crippen LogP contribution in [0.5, 0.6) is 0 Å². The van der Waals surface area contributed by atoms with Crippen LogP contribution in [0.2, 0.25) is 0 Å². The van der Waals surface area contributed by atoms with Crippen molar-refractivity contribution in [1.82, 2.24) is 9.88 Å². The largest absolute Gasteiger partial charge is 0.478 e. The van der Waals surface area contributed by atoms with Gasteiger partial charge >= 0.3 is 11.9 Å². The molecule has 1 atom stereocenters. The highest BCUT2D eigenvalue weighted by atomic mass is 16.5. The second-order valence-electron chi connectivity index (χ2n) is 6.85. The zero-order chi connectivity index (χ0) is 19.7. The molecule has 1 aromatic heterocycles. The highest BCUT2D eigenvalue weighted by Gasteiger charge is 2.32. The van der Waals surface area contributed by atoms with E-state index >= 15 is 0 Å². The van der Waals surface area contributed by atoms with Gasteiger partial charge in [-0.15, -0.1) is 0 Å². The van der Waals surface area contributed by atoms with E-state index in [9.17, 15) is 9.59 Å². The Bertz CT molecular complexity index is 1040. The van der Waals surface area contributed by atoms with Crippen LogP contribution in [0.3, 0.4) is 0 Å². The topological polar surface area (TPSA) is 80.6 Å². The van der Waals surface area contributed by atoms with Crippen molar-refractivity contribution in [2.24, 2.45) is 0 Å². The van der Waals surface area contributed by atoms with Gasteiger partial charge in [0.15, 0.2) is 0 Å². The number of rotatable bonds is 5. The van der Waals surface area contributed by atoms with Gasteiger partial charge in [0, 0.05) is 41.7 Å². The summed E-state index contributed by atoms with van der Waals surface area (Å²) >= 11 is 0. The predicted octanol–water partition coefficient (Wildman–Crippen LogP) is 3.14. The number of aromatic carboxylic acids is 1. The van der Waals surface area contributed by atoms with E-state index in [2.05, 4.69) is 16.0 Å². The molecule has 4 rings (SSSR count). The number of carboxylic acids is 1.